The maximum Gasteiger partial charge on any atom is 1.00 e. The summed E-state index contributed by atoms with van der Waals surface area (Å²) in [5.74, 6) is -1.66. The van der Waals surface area contributed by atoms with Crippen molar-refractivity contribution in [1.82, 2.24) is 0 Å². The van der Waals surface area contributed by atoms with E-state index in [0.29, 0.717) is 6.61 Å². The van der Waals surface area contributed by atoms with Crippen LogP contribution in [0.4, 0.5) is 0 Å². The molecule has 0 heterocycles. The number of rotatable bonds is 3. The molecule has 1 N–H and O–H groups in total. The van der Waals surface area contributed by atoms with Crippen molar-refractivity contribution >= 4 is 11.9 Å². The topological polar surface area (TPSA) is 86.7 Å². The van der Waals surface area contributed by atoms with Crippen molar-refractivity contribution in [2.75, 3.05) is 6.61 Å². The zero-order chi connectivity index (χ0) is 15.7. The molecule has 110 valence electrons. The van der Waals surface area contributed by atoms with Gasteiger partial charge in [-0.1, -0.05) is 42.5 Å². The molecule has 0 atom stereocenters. The van der Waals surface area contributed by atoms with Crippen molar-refractivity contribution < 1.29 is 54.1 Å². The molecule has 0 saturated carbocycles. The molecule has 2 aromatic rings. The van der Waals surface area contributed by atoms with Gasteiger partial charge in [0.1, 0.15) is 11.3 Å². The summed E-state index contributed by atoms with van der Waals surface area (Å²) < 4.78 is 4.71. The Labute approximate surface area is 150 Å². The first-order valence-electron chi connectivity index (χ1n) is 6.27. The largest absolute Gasteiger partial charge is 1.00 e. The van der Waals surface area contributed by atoms with E-state index in [-0.39, 0.29) is 46.4 Å². The maximum atomic E-state index is 11.1. The van der Waals surface area contributed by atoms with Gasteiger partial charge in [0.25, 0.3) is 0 Å². The molecule has 2 aromatic carbocycles. The maximum absolute atomic E-state index is 11.1. The molecule has 0 fully saturated rings. The predicted octanol–water partition coefficient (Wildman–Crippen LogP) is -1.38. The van der Waals surface area contributed by atoms with Gasteiger partial charge < -0.3 is 19.7 Å². The van der Waals surface area contributed by atoms with Crippen LogP contribution in [0.3, 0.4) is 0 Å². The van der Waals surface area contributed by atoms with Gasteiger partial charge in [-0.3, -0.25) is 0 Å². The van der Waals surface area contributed by atoms with Gasteiger partial charge in [-0.2, -0.15) is 0 Å². The Morgan fingerprint density at radius 3 is 2.05 bits per heavy atom. The first-order chi connectivity index (χ1) is 10.1. The number of phenols is 1. The van der Waals surface area contributed by atoms with Crippen molar-refractivity contribution in [3.63, 3.8) is 0 Å². The van der Waals surface area contributed by atoms with Crippen LogP contribution in [0.15, 0.2) is 54.6 Å². The van der Waals surface area contributed by atoms with Crippen LogP contribution < -0.4 is 34.7 Å². The summed E-state index contributed by atoms with van der Waals surface area (Å²) in [6.45, 7) is 2.03. The number of hydrogen-bond acceptors (Lipinski definition) is 5. The van der Waals surface area contributed by atoms with Gasteiger partial charge in [0.2, 0.25) is 0 Å². The smallest absolute Gasteiger partial charge is 0.545 e. The fourth-order valence-corrected chi connectivity index (χ4v) is 1.43. The third-order valence-electron chi connectivity index (χ3n) is 2.41. The summed E-state index contributed by atoms with van der Waals surface area (Å²) in [7, 11) is 0. The standard InChI is InChI=1S/C9H10O3.C7H6O2.Na/c1-2-12-9(11)7-5-3-4-6-8(7)10;8-7(9)6-4-2-1-3-5-6;/h3-6,10H,2H2,1H3;1-5H,(H,8,9);/q;;+1/p-1. The monoisotopic (exact) mass is 310 g/mol. The molecule has 2 rings (SSSR count). The molecule has 0 aliphatic heterocycles. The summed E-state index contributed by atoms with van der Waals surface area (Å²) in [5, 5.41) is 19.3. The number of phenolic OH excluding ortho intramolecular Hbond substituents is 1. The fraction of sp³-hybridized carbons (Fsp3) is 0.125. The second-order valence-corrected chi connectivity index (χ2v) is 3.89. The Morgan fingerprint density at radius 2 is 1.59 bits per heavy atom. The molecule has 22 heavy (non-hydrogen) atoms. The molecular formula is C16H15NaO5. The van der Waals surface area contributed by atoms with Gasteiger partial charge in [-0.25, -0.2) is 4.79 Å². The van der Waals surface area contributed by atoms with Crippen LogP contribution in [0.25, 0.3) is 0 Å². The van der Waals surface area contributed by atoms with Crippen LogP contribution in [-0.2, 0) is 4.74 Å². The zero-order valence-corrected chi connectivity index (χ0v) is 14.5. The van der Waals surface area contributed by atoms with E-state index in [9.17, 15) is 19.8 Å². The first kappa shape index (κ1) is 20.2. The number of carboxylic acid groups (broad SMARTS) is 1. The van der Waals surface area contributed by atoms with Gasteiger partial charge in [0.05, 0.1) is 12.6 Å². The molecule has 0 aliphatic carbocycles. The van der Waals surface area contributed by atoms with Gasteiger partial charge in [0.15, 0.2) is 0 Å². The van der Waals surface area contributed by atoms with Gasteiger partial charge in [0, 0.05) is 0 Å². The van der Waals surface area contributed by atoms with E-state index < -0.39 is 11.9 Å². The number of hydrogen-bond donors (Lipinski definition) is 1. The normalized spacial score (nSPS) is 8.77. The van der Waals surface area contributed by atoms with Crippen LogP contribution in [-0.4, -0.2) is 23.7 Å². The Balaban J connectivity index is 0.000000397. The SMILES string of the molecule is CCOC(=O)c1ccccc1O.O=C([O-])c1ccccc1.[Na+]. The molecule has 0 unspecified atom stereocenters. The Morgan fingerprint density at radius 1 is 1.05 bits per heavy atom. The second-order valence-electron chi connectivity index (χ2n) is 3.89. The number of carboxylic acids is 1. The number of esters is 1. The molecular weight excluding hydrogens is 295 g/mol. The molecule has 5 nitrogen and oxygen atoms in total. The van der Waals surface area contributed by atoms with Gasteiger partial charge >= 0.3 is 35.5 Å². The Hall–Kier alpha value is -1.82. The average molecular weight is 310 g/mol. The number of benzene rings is 2. The molecule has 0 radical (unpaired) electrons. The van der Waals surface area contributed by atoms with Gasteiger partial charge in [-0.15, -0.1) is 0 Å². The van der Waals surface area contributed by atoms with E-state index in [1.807, 2.05) is 0 Å². The minimum atomic E-state index is -1.13. The molecule has 0 aliphatic rings. The van der Waals surface area contributed by atoms with Crippen molar-refractivity contribution in [3.8, 4) is 5.75 Å². The Kier molecular flexibility index (Phi) is 9.95. The second kappa shape index (κ2) is 10.8. The van der Waals surface area contributed by atoms with Crippen molar-refractivity contribution in [2.45, 2.75) is 6.92 Å². The summed E-state index contributed by atoms with van der Waals surface area (Å²) in [4.78, 5) is 21.2. The molecule has 6 heteroatoms. The molecule has 0 aromatic heterocycles. The van der Waals surface area contributed by atoms with Gasteiger partial charge in [-0.05, 0) is 24.6 Å². The number of aromatic hydroxyl groups is 1. The Bertz CT molecular complexity index is 598. The fourth-order valence-electron chi connectivity index (χ4n) is 1.43. The number of carbonyl (C=O) groups is 2. The van der Waals surface area contributed by atoms with Crippen LogP contribution in [0.2, 0.25) is 0 Å². The number of aromatic carboxylic acids is 1. The van der Waals surface area contributed by atoms with E-state index in [0.717, 1.165) is 0 Å². The third kappa shape index (κ3) is 6.76. The summed E-state index contributed by atoms with van der Waals surface area (Å²) >= 11 is 0. The third-order valence-corrected chi connectivity index (χ3v) is 2.41. The van der Waals surface area contributed by atoms with Crippen molar-refractivity contribution in [2.24, 2.45) is 0 Å². The van der Waals surface area contributed by atoms with E-state index in [1.165, 1.54) is 24.3 Å². The molecule has 0 amide bonds. The van der Waals surface area contributed by atoms with E-state index in [2.05, 4.69) is 0 Å². The van der Waals surface area contributed by atoms with Crippen LogP contribution in [0, 0.1) is 0 Å². The summed E-state index contributed by atoms with van der Waals surface area (Å²) in [6.07, 6.45) is 0. The van der Waals surface area contributed by atoms with Crippen LogP contribution in [0.1, 0.15) is 27.6 Å². The summed E-state index contributed by atoms with van der Waals surface area (Å²) in [5.41, 5.74) is 0.428. The van der Waals surface area contributed by atoms with Crippen LogP contribution >= 0.6 is 0 Å². The quantitative estimate of drug-likeness (QED) is 0.558. The first-order valence-corrected chi connectivity index (χ1v) is 6.27. The molecule has 0 bridgehead atoms. The molecule has 0 saturated heterocycles. The molecule has 0 spiro atoms. The minimum absolute atomic E-state index is 0. The van der Waals surface area contributed by atoms with E-state index >= 15 is 0 Å². The average Bonchev–Trinajstić information content (AvgIpc) is 2.49. The predicted molar refractivity (Wildman–Crippen MR) is 74.8 cm³/mol. The van der Waals surface area contributed by atoms with E-state index in [1.54, 1.807) is 37.3 Å². The van der Waals surface area contributed by atoms with Crippen molar-refractivity contribution in [3.05, 3.63) is 65.7 Å². The number of ether oxygens (including phenoxy) is 1. The summed E-state index contributed by atoms with van der Waals surface area (Å²) in [6, 6.07) is 14.4. The van der Waals surface area contributed by atoms with Crippen molar-refractivity contribution in [1.29, 1.82) is 0 Å². The van der Waals surface area contributed by atoms with E-state index in [4.69, 9.17) is 4.74 Å². The minimum Gasteiger partial charge on any atom is -0.545 e. The number of carbonyl (C=O) groups excluding carboxylic acids is 2. The number of para-hydroxylation sites is 1. The van der Waals surface area contributed by atoms with Crippen LogP contribution in [0.5, 0.6) is 5.75 Å². The zero-order valence-electron chi connectivity index (χ0n) is 12.5.